The summed E-state index contributed by atoms with van der Waals surface area (Å²) in [4.78, 5) is 12.1. The molecule has 4 nitrogen and oxygen atoms in total. The maximum absolute atomic E-state index is 12.1. The fourth-order valence-electron chi connectivity index (χ4n) is 2.32. The van der Waals surface area contributed by atoms with Crippen LogP contribution < -0.4 is 10.1 Å². The van der Waals surface area contributed by atoms with Gasteiger partial charge in [-0.15, -0.1) is 0 Å². The summed E-state index contributed by atoms with van der Waals surface area (Å²) in [5, 5.41) is 3.06. The van der Waals surface area contributed by atoms with Crippen molar-refractivity contribution >= 4 is 5.91 Å². The predicted molar refractivity (Wildman–Crippen MR) is 85.9 cm³/mol. The van der Waals surface area contributed by atoms with E-state index in [0.717, 1.165) is 16.9 Å². The van der Waals surface area contributed by atoms with Crippen LogP contribution in [0.2, 0.25) is 0 Å². The van der Waals surface area contributed by atoms with Crippen LogP contribution in [0.1, 0.15) is 23.6 Å². The topological polar surface area (TPSA) is 47.6 Å². The zero-order valence-corrected chi connectivity index (χ0v) is 12.9. The summed E-state index contributed by atoms with van der Waals surface area (Å²) in [6.45, 7) is 0.402. The lowest BCUT2D eigenvalue weighted by molar-refractivity contribution is -0.122. The average Bonchev–Trinajstić information content (AvgIpc) is 2.58. The molecular weight excluding hydrogens is 278 g/mol. The van der Waals surface area contributed by atoms with Crippen LogP contribution in [0.4, 0.5) is 0 Å². The van der Waals surface area contributed by atoms with Crippen LogP contribution in [-0.4, -0.2) is 26.7 Å². The van der Waals surface area contributed by atoms with Crippen LogP contribution in [0.15, 0.2) is 54.6 Å². The minimum absolute atomic E-state index is 0.0541. The highest BCUT2D eigenvalue weighted by Crippen LogP contribution is 2.29. The summed E-state index contributed by atoms with van der Waals surface area (Å²) in [5.41, 5.74) is 1.94. The van der Waals surface area contributed by atoms with Crippen molar-refractivity contribution < 1.29 is 14.3 Å². The number of nitrogens with one attached hydrogen (secondary N) is 1. The number of benzene rings is 2. The van der Waals surface area contributed by atoms with Gasteiger partial charge in [0.2, 0.25) is 5.91 Å². The first kappa shape index (κ1) is 16.0. The molecule has 116 valence electrons. The number of hydrogen-bond acceptors (Lipinski definition) is 3. The van der Waals surface area contributed by atoms with Gasteiger partial charge in [-0.05, 0) is 11.6 Å². The fourth-order valence-corrected chi connectivity index (χ4v) is 2.32. The number of hydrogen-bond donors (Lipinski definition) is 1. The molecule has 0 saturated carbocycles. The molecule has 1 N–H and O–H groups in total. The number of ether oxygens (including phenoxy) is 2. The van der Waals surface area contributed by atoms with Crippen molar-refractivity contribution in [2.24, 2.45) is 0 Å². The van der Waals surface area contributed by atoms with Gasteiger partial charge in [-0.3, -0.25) is 4.79 Å². The van der Waals surface area contributed by atoms with E-state index >= 15 is 0 Å². The highest BCUT2D eigenvalue weighted by atomic mass is 16.5. The second-order valence-corrected chi connectivity index (χ2v) is 4.90. The lowest BCUT2D eigenvalue weighted by Crippen LogP contribution is -2.30. The smallest absolute Gasteiger partial charge is 0.223 e. The van der Waals surface area contributed by atoms with Gasteiger partial charge in [-0.25, -0.2) is 0 Å². The molecule has 4 heteroatoms. The Hall–Kier alpha value is -2.33. The standard InChI is InChI=1S/C18H21NO3/c1-21-13-12-17(20)19-18(14-8-4-3-5-9-14)15-10-6-7-11-16(15)22-2/h3-11,18H,12-13H2,1-2H3,(H,19,20). The van der Waals surface area contributed by atoms with Crippen LogP contribution in [0.3, 0.4) is 0 Å². The first-order valence-corrected chi connectivity index (χ1v) is 7.22. The first-order valence-electron chi connectivity index (χ1n) is 7.22. The first-order chi connectivity index (χ1) is 10.8. The fraction of sp³-hybridized carbons (Fsp3) is 0.278. The Kier molecular flexibility index (Phi) is 5.98. The number of carbonyl (C=O) groups is 1. The van der Waals surface area contributed by atoms with Gasteiger partial charge in [0, 0.05) is 19.1 Å². The highest BCUT2D eigenvalue weighted by molar-refractivity contribution is 5.77. The number of carbonyl (C=O) groups excluding carboxylic acids is 1. The molecule has 0 radical (unpaired) electrons. The summed E-state index contributed by atoms with van der Waals surface area (Å²) in [6.07, 6.45) is 0.328. The van der Waals surface area contributed by atoms with E-state index in [1.807, 2.05) is 54.6 Å². The zero-order chi connectivity index (χ0) is 15.8. The normalized spacial score (nSPS) is 11.7. The van der Waals surface area contributed by atoms with Crippen LogP contribution >= 0.6 is 0 Å². The third-order valence-electron chi connectivity index (χ3n) is 3.42. The van der Waals surface area contributed by atoms with Crippen molar-refractivity contribution in [2.75, 3.05) is 20.8 Å². The Bertz CT molecular complexity index is 598. The summed E-state index contributed by atoms with van der Waals surface area (Å²) in [5.74, 6) is 0.699. The highest BCUT2D eigenvalue weighted by Gasteiger charge is 2.19. The van der Waals surface area contributed by atoms with Gasteiger partial charge in [-0.1, -0.05) is 48.5 Å². The van der Waals surface area contributed by atoms with Crippen LogP contribution in [0.25, 0.3) is 0 Å². The minimum Gasteiger partial charge on any atom is -0.496 e. The molecule has 0 saturated heterocycles. The van der Waals surface area contributed by atoms with Crippen LogP contribution in [0.5, 0.6) is 5.75 Å². The predicted octanol–water partition coefficient (Wildman–Crippen LogP) is 2.94. The van der Waals surface area contributed by atoms with E-state index < -0.39 is 0 Å². The van der Waals surface area contributed by atoms with Gasteiger partial charge in [0.1, 0.15) is 5.75 Å². The van der Waals surface area contributed by atoms with Gasteiger partial charge < -0.3 is 14.8 Å². The van der Waals surface area contributed by atoms with Crippen molar-refractivity contribution in [1.29, 1.82) is 0 Å². The van der Waals surface area contributed by atoms with Gasteiger partial charge in [0.15, 0.2) is 0 Å². The molecule has 1 unspecified atom stereocenters. The summed E-state index contributed by atoms with van der Waals surface area (Å²) < 4.78 is 10.4. The Labute approximate surface area is 131 Å². The van der Waals surface area contributed by atoms with Crippen LogP contribution in [0, 0.1) is 0 Å². The van der Waals surface area contributed by atoms with Gasteiger partial charge in [-0.2, -0.15) is 0 Å². The lowest BCUT2D eigenvalue weighted by atomic mass is 9.97. The zero-order valence-electron chi connectivity index (χ0n) is 12.9. The molecule has 1 amide bonds. The number of rotatable bonds is 7. The molecule has 22 heavy (non-hydrogen) atoms. The van der Waals surface area contributed by atoms with E-state index in [9.17, 15) is 4.79 Å². The Morgan fingerprint density at radius 1 is 1.05 bits per heavy atom. The third-order valence-corrected chi connectivity index (χ3v) is 3.42. The molecule has 1 atom stereocenters. The molecule has 0 fully saturated rings. The van der Waals surface area contributed by atoms with Gasteiger partial charge in [0.05, 0.1) is 19.8 Å². The van der Waals surface area contributed by atoms with Gasteiger partial charge >= 0.3 is 0 Å². The Balaban J connectivity index is 2.31. The van der Waals surface area contributed by atoms with Crippen molar-refractivity contribution in [3.63, 3.8) is 0 Å². The molecule has 2 aromatic rings. The van der Waals surface area contributed by atoms with E-state index in [1.165, 1.54) is 0 Å². The van der Waals surface area contributed by atoms with Crippen molar-refractivity contribution in [3.05, 3.63) is 65.7 Å². The van der Waals surface area contributed by atoms with E-state index in [0.29, 0.717) is 13.0 Å². The Morgan fingerprint density at radius 3 is 2.41 bits per heavy atom. The Morgan fingerprint density at radius 2 is 1.73 bits per heavy atom. The molecule has 2 rings (SSSR count). The molecule has 0 aliphatic carbocycles. The maximum Gasteiger partial charge on any atom is 0.223 e. The monoisotopic (exact) mass is 299 g/mol. The van der Waals surface area contributed by atoms with Crippen molar-refractivity contribution in [3.8, 4) is 5.75 Å². The molecule has 0 aliphatic rings. The molecular formula is C18H21NO3. The third kappa shape index (κ3) is 4.09. The summed E-state index contributed by atoms with van der Waals surface area (Å²) in [7, 11) is 3.22. The number of methoxy groups -OCH3 is 2. The lowest BCUT2D eigenvalue weighted by Gasteiger charge is -2.22. The molecule has 0 aromatic heterocycles. The molecule has 0 aliphatic heterocycles. The molecule has 0 spiro atoms. The van der Waals surface area contributed by atoms with Crippen LogP contribution in [-0.2, 0) is 9.53 Å². The largest absolute Gasteiger partial charge is 0.496 e. The van der Waals surface area contributed by atoms with E-state index in [1.54, 1.807) is 14.2 Å². The van der Waals surface area contributed by atoms with E-state index in [-0.39, 0.29) is 11.9 Å². The molecule has 0 heterocycles. The number of amides is 1. The van der Waals surface area contributed by atoms with E-state index in [2.05, 4.69) is 5.32 Å². The average molecular weight is 299 g/mol. The minimum atomic E-state index is -0.248. The quantitative estimate of drug-likeness (QED) is 0.855. The van der Waals surface area contributed by atoms with Crippen molar-refractivity contribution in [1.82, 2.24) is 5.32 Å². The maximum atomic E-state index is 12.1. The summed E-state index contributed by atoms with van der Waals surface area (Å²) in [6, 6.07) is 17.3. The molecule has 0 bridgehead atoms. The molecule has 2 aromatic carbocycles. The second-order valence-electron chi connectivity index (χ2n) is 4.90. The van der Waals surface area contributed by atoms with Gasteiger partial charge in [0.25, 0.3) is 0 Å². The SMILES string of the molecule is COCCC(=O)NC(c1ccccc1)c1ccccc1OC. The number of para-hydroxylation sites is 1. The van der Waals surface area contributed by atoms with Crippen molar-refractivity contribution in [2.45, 2.75) is 12.5 Å². The van der Waals surface area contributed by atoms with E-state index in [4.69, 9.17) is 9.47 Å². The second kappa shape index (κ2) is 8.20. The summed E-state index contributed by atoms with van der Waals surface area (Å²) >= 11 is 0.